The number of hydrogen-bond acceptors (Lipinski definition) is 3. The highest BCUT2D eigenvalue weighted by Crippen LogP contribution is 2.25. The number of hydrogen-bond donors (Lipinski definition) is 1. The molecular formula is C10H16BrN3O2S. The van der Waals surface area contributed by atoms with Gasteiger partial charge in [-0.2, -0.15) is 0 Å². The van der Waals surface area contributed by atoms with Crippen molar-refractivity contribution in [3.63, 3.8) is 0 Å². The van der Waals surface area contributed by atoms with E-state index in [0.29, 0.717) is 0 Å². The molecule has 7 heteroatoms. The second-order valence-electron chi connectivity index (χ2n) is 4.41. The number of sulfonamides is 1. The van der Waals surface area contributed by atoms with E-state index in [4.69, 9.17) is 0 Å². The van der Waals surface area contributed by atoms with E-state index in [-0.39, 0.29) is 15.9 Å². The molecule has 1 heterocycles. The Morgan fingerprint density at radius 1 is 1.47 bits per heavy atom. The van der Waals surface area contributed by atoms with Crippen LogP contribution in [0.5, 0.6) is 0 Å². The quantitative estimate of drug-likeness (QED) is 0.856. The highest BCUT2D eigenvalue weighted by molar-refractivity contribution is 9.09. The minimum absolute atomic E-state index is 0.0317. The van der Waals surface area contributed by atoms with Crippen molar-refractivity contribution in [1.29, 1.82) is 0 Å². The number of aromatic nitrogens is 2. The Balaban J connectivity index is 2.11. The first kappa shape index (κ1) is 13.0. The molecule has 2 unspecified atom stereocenters. The largest absolute Gasteiger partial charge is 0.339 e. The van der Waals surface area contributed by atoms with Crippen LogP contribution < -0.4 is 4.72 Å². The van der Waals surface area contributed by atoms with E-state index < -0.39 is 10.0 Å². The van der Waals surface area contributed by atoms with Gasteiger partial charge in [0.1, 0.15) is 0 Å². The molecule has 1 aromatic heterocycles. The lowest BCUT2D eigenvalue weighted by molar-refractivity contribution is 0.427. The van der Waals surface area contributed by atoms with Crippen molar-refractivity contribution in [1.82, 2.24) is 14.3 Å². The maximum Gasteiger partial charge on any atom is 0.259 e. The Labute approximate surface area is 110 Å². The first-order chi connectivity index (χ1) is 7.99. The molecule has 1 aliphatic carbocycles. The van der Waals surface area contributed by atoms with Crippen molar-refractivity contribution >= 4 is 26.0 Å². The number of nitrogens with zero attached hydrogens (tertiary/aromatic N) is 2. The van der Waals surface area contributed by atoms with Crippen molar-refractivity contribution < 1.29 is 8.42 Å². The second kappa shape index (κ2) is 5.07. The van der Waals surface area contributed by atoms with Gasteiger partial charge in [-0.05, 0) is 12.8 Å². The fourth-order valence-corrected chi connectivity index (χ4v) is 4.19. The lowest BCUT2D eigenvalue weighted by atomic mass is 9.96. The van der Waals surface area contributed by atoms with Gasteiger partial charge in [0, 0.05) is 24.1 Å². The first-order valence-electron chi connectivity index (χ1n) is 5.63. The van der Waals surface area contributed by atoms with E-state index in [0.717, 1.165) is 25.7 Å². The lowest BCUT2D eigenvalue weighted by Crippen LogP contribution is -2.42. The van der Waals surface area contributed by atoms with E-state index in [1.54, 1.807) is 11.6 Å². The highest BCUT2D eigenvalue weighted by atomic mass is 79.9. The summed E-state index contributed by atoms with van der Waals surface area (Å²) in [6, 6.07) is -0.0317. The van der Waals surface area contributed by atoms with Crippen LogP contribution in [0.2, 0.25) is 0 Å². The topological polar surface area (TPSA) is 64.0 Å². The summed E-state index contributed by atoms with van der Waals surface area (Å²) >= 11 is 3.53. The zero-order chi connectivity index (χ0) is 12.5. The molecule has 1 aliphatic rings. The van der Waals surface area contributed by atoms with Crippen LogP contribution in [0.3, 0.4) is 0 Å². The van der Waals surface area contributed by atoms with Gasteiger partial charge in [-0.15, -0.1) is 0 Å². The summed E-state index contributed by atoms with van der Waals surface area (Å²) in [5, 5.41) is 0.0882. The van der Waals surface area contributed by atoms with Gasteiger partial charge in [0.25, 0.3) is 10.0 Å². The van der Waals surface area contributed by atoms with Crippen molar-refractivity contribution in [3.05, 3.63) is 12.5 Å². The van der Waals surface area contributed by atoms with Gasteiger partial charge in [0.15, 0.2) is 5.03 Å². The summed E-state index contributed by atoms with van der Waals surface area (Å²) in [7, 11) is -1.73. The van der Waals surface area contributed by atoms with Crippen molar-refractivity contribution in [2.75, 3.05) is 0 Å². The molecule has 0 aliphatic heterocycles. The normalized spacial score (nSPS) is 26.0. The molecule has 2 atom stereocenters. The fraction of sp³-hybridized carbons (Fsp3) is 0.700. The Morgan fingerprint density at radius 2 is 2.18 bits per heavy atom. The lowest BCUT2D eigenvalue weighted by Gasteiger charge is -2.27. The van der Waals surface area contributed by atoms with Gasteiger partial charge >= 0.3 is 0 Å². The van der Waals surface area contributed by atoms with E-state index in [1.165, 1.54) is 12.5 Å². The number of rotatable bonds is 3. The average molecular weight is 322 g/mol. The van der Waals surface area contributed by atoms with Crippen LogP contribution in [0, 0.1) is 0 Å². The Morgan fingerprint density at radius 3 is 2.76 bits per heavy atom. The fourth-order valence-electron chi connectivity index (χ4n) is 2.01. The van der Waals surface area contributed by atoms with Crippen LogP contribution in [-0.4, -0.2) is 28.8 Å². The molecule has 96 valence electrons. The van der Waals surface area contributed by atoms with Crippen molar-refractivity contribution in [2.24, 2.45) is 7.05 Å². The van der Waals surface area contributed by atoms with Crippen molar-refractivity contribution in [2.45, 2.75) is 41.6 Å². The SMILES string of the molecule is Cn1cnc(S(=O)(=O)NC2CCCCC2Br)c1. The van der Waals surface area contributed by atoms with Crippen LogP contribution in [0.25, 0.3) is 0 Å². The van der Waals surface area contributed by atoms with Gasteiger partial charge in [-0.25, -0.2) is 18.1 Å². The summed E-state index contributed by atoms with van der Waals surface area (Å²) < 4.78 is 28.5. The molecule has 1 saturated carbocycles. The summed E-state index contributed by atoms with van der Waals surface area (Å²) in [5.41, 5.74) is 0. The van der Waals surface area contributed by atoms with Crippen LogP contribution in [0.1, 0.15) is 25.7 Å². The Kier molecular flexibility index (Phi) is 3.89. The third kappa shape index (κ3) is 3.08. The molecule has 17 heavy (non-hydrogen) atoms. The van der Waals surface area contributed by atoms with Gasteiger partial charge in [-0.3, -0.25) is 0 Å². The van der Waals surface area contributed by atoms with E-state index in [2.05, 4.69) is 25.6 Å². The molecular weight excluding hydrogens is 306 g/mol. The maximum absolute atomic E-state index is 12.1. The number of aryl methyl sites for hydroxylation is 1. The number of nitrogens with one attached hydrogen (secondary N) is 1. The Hall–Kier alpha value is -0.400. The van der Waals surface area contributed by atoms with E-state index >= 15 is 0 Å². The van der Waals surface area contributed by atoms with Gasteiger partial charge in [-0.1, -0.05) is 28.8 Å². The molecule has 0 spiro atoms. The van der Waals surface area contributed by atoms with Gasteiger partial charge in [0.2, 0.25) is 0 Å². The standard InChI is InChI=1S/C10H16BrN3O2S/c1-14-6-10(12-7-14)17(15,16)13-9-5-3-2-4-8(9)11/h6-9,13H,2-5H2,1H3. The molecule has 0 saturated heterocycles. The molecule has 0 aromatic carbocycles. The van der Waals surface area contributed by atoms with E-state index in [9.17, 15) is 8.42 Å². The zero-order valence-electron chi connectivity index (χ0n) is 9.63. The summed E-state index contributed by atoms with van der Waals surface area (Å²) in [6.07, 6.45) is 7.10. The summed E-state index contributed by atoms with van der Waals surface area (Å²) in [4.78, 5) is 4.09. The van der Waals surface area contributed by atoms with Gasteiger partial charge < -0.3 is 4.57 Å². The molecule has 1 fully saturated rings. The molecule has 2 rings (SSSR count). The Bertz CT molecular complexity index is 485. The number of imidazole rings is 1. The molecule has 1 N–H and O–H groups in total. The monoisotopic (exact) mass is 321 g/mol. The smallest absolute Gasteiger partial charge is 0.259 e. The third-order valence-electron chi connectivity index (χ3n) is 2.94. The molecule has 0 radical (unpaired) electrons. The predicted octanol–water partition coefficient (Wildman–Crippen LogP) is 1.40. The van der Waals surface area contributed by atoms with Crippen LogP contribution in [0.15, 0.2) is 17.6 Å². The average Bonchev–Trinajstić information content (AvgIpc) is 2.69. The van der Waals surface area contributed by atoms with Crippen molar-refractivity contribution in [3.8, 4) is 0 Å². The van der Waals surface area contributed by atoms with Crippen LogP contribution in [-0.2, 0) is 17.1 Å². The van der Waals surface area contributed by atoms with Crippen LogP contribution >= 0.6 is 15.9 Å². The summed E-state index contributed by atoms with van der Waals surface area (Å²) in [5.74, 6) is 0. The minimum atomic E-state index is -3.48. The van der Waals surface area contributed by atoms with Gasteiger partial charge in [0.05, 0.1) is 6.33 Å². The molecule has 1 aromatic rings. The third-order valence-corrected chi connectivity index (χ3v) is 5.42. The molecule has 5 nitrogen and oxygen atoms in total. The second-order valence-corrected chi connectivity index (χ2v) is 7.24. The first-order valence-corrected chi connectivity index (χ1v) is 8.03. The van der Waals surface area contributed by atoms with Crippen LogP contribution in [0.4, 0.5) is 0 Å². The molecule has 0 amide bonds. The highest BCUT2D eigenvalue weighted by Gasteiger charge is 2.28. The summed E-state index contributed by atoms with van der Waals surface area (Å²) in [6.45, 7) is 0. The number of halogens is 1. The minimum Gasteiger partial charge on any atom is -0.339 e. The number of alkyl halides is 1. The molecule has 0 bridgehead atoms. The predicted molar refractivity (Wildman–Crippen MR) is 68.5 cm³/mol. The maximum atomic E-state index is 12.1. The zero-order valence-corrected chi connectivity index (χ0v) is 12.0. The van der Waals surface area contributed by atoms with E-state index in [1.807, 2.05) is 0 Å².